The molecule has 3 rings (SSSR count). The van der Waals surface area contributed by atoms with Gasteiger partial charge in [-0.15, -0.1) is 10.2 Å². The molecule has 0 atom stereocenters. The van der Waals surface area contributed by atoms with Gasteiger partial charge in [-0.05, 0) is 31.9 Å². The van der Waals surface area contributed by atoms with E-state index in [1.54, 1.807) is 6.33 Å². The van der Waals surface area contributed by atoms with E-state index in [1.165, 1.54) is 17.3 Å². The molecule has 0 bridgehead atoms. The zero-order valence-corrected chi connectivity index (χ0v) is 15.6. The molecule has 0 fully saturated rings. The molecule has 5 nitrogen and oxygen atoms in total. The Bertz CT molecular complexity index is 867. The molecule has 1 aromatic carbocycles. The summed E-state index contributed by atoms with van der Waals surface area (Å²) >= 11 is 1.42. The molecule has 0 amide bonds. The first-order chi connectivity index (χ1) is 12.1. The molecule has 0 aliphatic heterocycles. The first-order valence-corrected chi connectivity index (χ1v) is 9.25. The lowest BCUT2D eigenvalue weighted by molar-refractivity contribution is 0.102. The van der Waals surface area contributed by atoms with E-state index < -0.39 is 0 Å². The fraction of sp³-hybridized carbons (Fsp3) is 0.316. The summed E-state index contributed by atoms with van der Waals surface area (Å²) < 4.78 is 4.05. The average Bonchev–Trinajstić information content (AvgIpc) is 3.15. The highest BCUT2D eigenvalue weighted by Crippen LogP contribution is 2.21. The zero-order valence-electron chi connectivity index (χ0n) is 14.8. The summed E-state index contributed by atoms with van der Waals surface area (Å²) in [5, 5.41) is 8.60. The molecule has 0 saturated heterocycles. The highest BCUT2D eigenvalue weighted by Gasteiger charge is 2.16. The smallest absolute Gasteiger partial charge is 0.191 e. The third kappa shape index (κ3) is 4.02. The maximum atomic E-state index is 12.6. The Morgan fingerprint density at radius 2 is 1.96 bits per heavy atom. The van der Waals surface area contributed by atoms with Crippen molar-refractivity contribution in [3.05, 3.63) is 65.2 Å². The summed E-state index contributed by atoms with van der Waals surface area (Å²) in [5.74, 6) is 0.502. The largest absolute Gasteiger partial charge is 0.348 e. The lowest BCUT2D eigenvalue weighted by Gasteiger charge is -2.10. The summed E-state index contributed by atoms with van der Waals surface area (Å²) in [6, 6.07) is 12.4. The number of benzene rings is 1. The highest BCUT2D eigenvalue weighted by atomic mass is 32.2. The van der Waals surface area contributed by atoms with Crippen LogP contribution < -0.4 is 0 Å². The Balaban J connectivity index is 1.68. The Hall–Kier alpha value is -2.34. The predicted molar refractivity (Wildman–Crippen MR) is 100 cm³/mol. The van der Waals surface area contributed by atoms with Gasteiger partial charge in [0.15, 0.2) is 10.9 Å². The number of hydrogen-bond acceptors (Lipinski definition) is 4. The van der Waals surface area contributed by atoms with E-state index >= 15 is 0 Å². The number of Topliss-reactive ketones (excluding diaryl/α,β-unsaturated/α-hetero) is 1. The lowest BCUT2D eigenvalue weighted by atomic mass is 10.1. The van der Waals surface area contributed by atoms with Gasteiger partial charge in [0.2, 0.25) is 0 Å². The van der Waals surface area contributed by atoms with Crippen molar-refractivity contribution in [1.29, 1.82) is 0 Å². The normalized spacial score (nSPS) is 11.0. The van der Waals surface area contributed by atoms with Crippen LogP contribution >= 0.6 is 11.8 Å². The van der Waals surface area contributed by atoms with Crippen molar-refractivity contribution in [2.24, 2.45) is 7.05 Å². The van der Waals surface area contributed by atoms with Crippen LogP contribution in [0, 0.1) is 13.8 Å². The van der Waals surface area contributed by atoms with Gasteiger partial charge in [-0.25, -0.2) is 0 Å². The number of ketones is 1. The number of aryl methyl sites for hydroxylation is 3. The minimum Gasteiger partial charge on any atom is -0.348 e. The van der Waals surface area contributed by atoms with Crippen LogP contribution in [0.1, 0.15) is 27.3 Å². The van der Waals surface area contributed by atoms with Crippen molar-refractivity contribution in [1.82, 2.24) is 19.3 Å². The van der Waals surface area contributed by atoms with Crippen molar-refractivity contribution >= 4 is 17.5 Å². The van der Waals surface area contributed by atoms with E-state index in [-0.39, 0.29) is 5.78 Å². The van der Waals surface area contributed by atoms with Crippen LogP contribution in [-0.4, -0.2) is 30.9 Å². The molecule has 0 spiro atoms. The summed E-state index contributed by atoms with van der Waals surface area (Å²) in [6.07, 6.45) is 2.60. The van der Waals surface area contributed by atoms with Crippen LogP contribution in [0.3, 0.4) is 0 Å². The van der Waals surface area contributed by atoms with Gasteiger partial charge in [-0.1, -0.05) is 42.1 Å². The van der Waals surface area contributed by atoms with E-state index in [9.17, 15) is 4.79 Å². The fourth-order valence-corrected chi connectivity index (χ4v) is 3.70. The molecule has 0 aliphatic rings. The molecule has 2 aromatic heterocycles. The Morgan fingerprint density at radius 1 is 1.20 bits per heavy atom. The van der Waals surface area contributed by atoms with Gasteiger partial charge >= 0.3 is 0 Å². The second-order valence-electron chi connectivity index (χ2n) is 6.11. The molecule has 0 radical (unpaired) electrons. The second-order valence-corrected chi connectivity index (χ2v) is 7.05. The summed E-state index contributed by atoms with van der Waals surface area (Å²) in [7, 11) is 1.88. The quantitative estimate of drug-likeness (QED) is 0.482. The topological polar surface area (TPSA) is 52.7 Å². The minimum absolute atomic E-state index is 0.132. The fourth-order valence-electron chi connectivity index (χ4n) is 2.92. The molecule has 0 unspecified atom stereocenters. The van der Waals surface area contributed by atoms with Crippen LogP contribution in [0.4, 0.5) is 0 Å². The maximum Gasteiger partial charge on any atom is 0.191 e. The first-order valence-electron chi connectivity index (χ1n) is 8.27. The van der Waals surface area contributed by atoms with E-state index in [0.29, 0.717) is 5.75 Å². The van der Waals surface area contributed by atoms with Gasteiger partial charge in [-0.2, -0.15) is 0 Å². The Labute approximate surface area is 152 Å². The number of carbonyl (C=O) groups is 1. The van der Waals surface area contributed by atoms with Crippen molar-refractivity contribution in [3.8, 4) is 0 Å². The molecule has 6 heteroatoms. The van der Waals surface area contributed by atoms with Gasteiger partial charge < -0.3 is 9.13 Å². The highest BCUT2D eigenvalue weighted by molar-refractivity contribution is 7.99. The molecule has 2 heterocycles. The van der Waals surface area contributed by atoms with E-state index in [1.807, 2.05) is 30.7 Å². The number of carbonyl (C=O) groups excluding carboxylic acids is 1. The van der Waals surface area contributed by atoms with E-state index in [2.05, 4.69) is 46.0 Å². The molecule has 0 aliphatic carbocycles. The maximum absolute atomic E-state index is 12.6. The standard InChI is InChI=1S/C19H22N4OS/c1-14-11-17(18(24)12-25-19-21-20-13-22(19)3)15(2)23(14)10-9-16-7-5-4-6-8-16/h4-8,11,13H,9-10,12H2,1-3H3. The number of nitrogens with zero attached hydrogens (tertiary/aromatic N) is 4. The predicted octanol–water partition coefficient (Wildman–Crippen LogP) is 3.45. The van der Waals surface area contributed by atoms with E-state index in [4.69, 9.17) is 0 Å². The molecule has 0 saturated carbocycles. The number of hydrogen-bond donors (Lipinski definition) is 0. The van der Waals surface area contributed by atoms with Crippen molar-refractivity contribution in [3.63, 3.8) is 0 Å². The Morgan fingerprint density at radius 3 is 2.64 bits per heavy atom. The number of thioether (sulfide) groups is 1. The second kappa shape index (κ2) is 7.70. The van der Waals surface area contributed by atoms with Gasteiger partial charge in [0.25, 0.3) is 0 Å². The lowest BCUT2D eigenvalue weighted by Crippen LogP contribution is -2.08. The minimum atomic E-state index is 0.132. The van der Waals surface area contributed by atoms with Gasteiger partial charge in [0, 0.05) is 30.5 Å². The van der Waals surface area contributed by atoms with Crippen molar-refractivity contribution in [2.75, 3.05) is 5.75 Å². The molecular weight excluding hydrogens is 332 g/mol. The zero-order chi connectivity index (χ0) is 17.8. The van der Waals surface area contributed by atoms with Gasteiger partial charge in [0.05, 0.1) is 5.75 Å². The van der Waals surface area contributed by atoms with Crippen LogP contribution in [0.25, 0.3) is 0 Å². The van der Waals surface area contributed by atoms with Crippen LogP contribution in [0.5, 0.6) is 0 Å². The third-order valence-electron chi connectivity index (χ3n) is 4.34. The summed E-state index contributed by atoms with van der Waals surface area (Å²) in [6.45, 7) is 4.97. The third-order valence-corrected chi connectivity index (χ3v) is 5.38. The molecule has 0 N–H and O–H groups in total. The van der Waals surface area contributed by atoms with Crippen molar-refractivity contribution < 1.29 is 4.79 Å². The molecule has 130 valence electrons. The van der Waals surface area contributed by atoms with Crippen LogP contribution in [0.2, 0.25) is 0 Å². The van der Waals surface area contributed by atoms with Crippen molar-refractivity contribution in [2.45, 2.75) is 32.0 Å². The molecule has 3 aromatic rings. The first kappa shape index (κ1) is 17.5. The van der Waals surface area contributed by atoms with Crippen LogP contribution in [-0.2, 0) is 20.0 Å². The average molecular weight is 354 g/mol. The summed E-state index contributed by atoms with van der Waals surface area (Å²) in [5.41, 5.74) is 4.28. The number of rotatable bonds is 7. The van der Waals surface area contributed by atoms with Crippen LogP contribution in [0.15, 0.2) is 47.9 Å². The Kier molecular flexibility index (Phi) is 5.38. The van der Waals surface area contributed by atoms with Gasteiger partial charge in [-0.3, -0.25) is 4.79 Å². The molecular formula is C19H22N4OS. The monoisotopic (exact) mass is 354 g/mol. The SMILES string of the molecule is Cc1cc(C(=O)CSc2nncn2C)c(C)n1CCc1ccccc1. The number of aromatic nitrogens is 4. The van der Waals surface area contributed by atoms with E-state index in [0.717, 1.165) is 35.1 Å². The van der Waals surface area contributed by atoms with Gasteiger partial charge in [0.1, 0.15) is 6.33 Å². The summed E-state index contributed by atoms with van der Waals surface area (Å²) in [4.78, 5) is 12.6. The molecule has 25 heavy (non-hydrogen) atoms.